The van der Waals surface area contributed by atoms with Crippen molar-refractivity contribution < 1.29 is 5.11 Å². The molecule has 0 aliphatic heterocycles. The standard InChI is InChI=1S/C17H22OSSi/c1-4-14-12-15(10-11-17(14)18)19-13-20(2,3)16-8-6-5-7-9-16/h5-12,18H,4,13H2,1-3H3. The number of hydrogen-bond donors (Lipinski definition) is 1. The lowest BCUT2D eigenvalue weighted by atomic mass is 10.1. The van der Waals surface area contributed by atoms with E-state index in [1.165, 1.54) is 10.1 Å². The van der Waals surface area contributed by atoms with Crippen LogP contribution in [0.4, 0.5) is 0 Å². The number of thioether (sulfide) groups is 1. The molecule has 1 nitrogen and oxygen atoms in total. The highest BCUT2D eigenvalue weighted by Gasteiger charge is 2.23. The van der Waals surface area contributed by atoms with Gasteiger partial charge in [0.1, 0.15) is 5.75 Å². The highest BCUT2D eigenvalue weighted by molar-refractivity contribution is 8.01. The first-order valence-corrected chi connectivity index (χ1v) is 11.2. The van der Waals surface area contributed by atoms with Gasteiger partial charge in [-0.25, -0.2) is 0 Å². The van der Waals surface area contributed by atoms with Crippen LogP contribution < -0.4 is 5.19 Å². The average Bonchev–Trinajstić information content (AvgIpc) is 2.47. The van der Waals surface area contributed by atoms with E-state index in [1.807, 2.05) is 23.9 Å². The predicted molar refractivity (Wildman–Crippen MR) is 91.8 cm³/mol. The van der Waals surface area contributed by atoms with E-state index in [9.17, 15) is 5.11 Å². The van der Waals surface area contributed by atoms with Gasteiger partial charge in [-0.2, -0.15) is 0 Å². The van der Waals surface area contributed by atoms with Gasteiger partial charge in [-0.05, 0) is 35.6 Å². The van der Waals surface area contributed by atoms with Crippen molar-refractivity contribution in [3.05, 3.63) is 54.1 Å². The van der Waals surface area contributed by atoms with Gasteiger partial charge in [0.05, 0.1) is 8.07 Å². The van der Waals surface area contributed by atoms with Gasteiger partial charge in [-0.1, -0.05) is 55.5 Å². The Morgan fingerprint density at radius 1 is 1.05 bits per heavy atom. The second kappa shape index (κ2) is 6.51. The zero-order chi connectivity index (χ0) is 14.6. The van der Waals surface area contributed by atoms with E-state index in [-0.39, 0.29) is 0 Å². The lowest BCUT2D eigenvalue weighted by Gasteiger charge is -2.22. The quantitative estimate of drug-likeness (QED) is 0.660. The second-order valence-electron chi connectivity index (χ2n) is 5.68. The van der Waals surface area contributed by atoms with Crippen molar-refractivity contribution in [1.29, 1.82) is 0 Å². The Bertz CT molecular complexity index is 566. The van der Waals surface area contributed by atoms with Crippen LogP contribution in [0.25, 0.3) is 0 Å². The molecule has 20 heavy (non-hydrogen) atoms. The van der Waals surface area contributed by atoms with E-state index >= 15 is 0 Å². The first-order chi connectivity index (χ1) is 9.53. The fourth-order valence-corrected chi connectivity index (χ4v) is 6.43. The van der Waals surface area contributed by atoms with E-state index in [2.05, 4.69) is 56.4 Å². The molecule has 2 aromatic carbocycles. The van der Waals surface area contributed by atoms with Gasteiger partial charge in [0.2, 0.25) is 0 Å². The molecule has 3 heteroatoms. The van der Waals surface area contributed by atoms with E-state index in [4.69, 9.17) is 0 Å². The van der Waals surface area contributed by atoms with E-state index in [0.29, 0.717) is 5.75 Å². The van der Waals surface area contributed by atoms with Gasteiger partial charge in [0.15, 0.2) is 0 Å². The largest absolute Gasteiger partial charge is 0.508 e. The maximum atomic E-state index is 9.74. The average molecular weight is 303 g/mol. The van der Waals surface area contributed by atoms with Crippen LogP contribution in [0.15, 0.2) is 53.4 Å². The predicted octanol–water partition coefficient (Wildman–Crippen LogP) is 4.20. The van der Waals surface area contributed by atoms with Crippen LogP contribution in [0.3, 0.4) is 0 Å². The Balaban J connectivity index is 2.08. The van der Waals surface area contributed by atoms with E-state index in [0.717, 1.165) is 17.4 Å². The second-order valence-corrected chi connectivity index (χ2v) is 11.9. The number of aryl methyl sites for hydroxylation is 1. The Hall–Kier alpha value is -1.19. The summed E-state index contributed by atoms with van der Waals surface area (Å²) in [6.45, 7) is 6.90. The number of phenols is 1. The van der Waals surface area contributed by atoms with Crippen LogP contribution in [0.2, 0.25) is 13.1 Å². The summed E-state index contributed by atoms with van der Waals surface area (Å²) in [5, 5.41) is 12.4. The van der Waals surface area contributed by atoms with Crippen LogP contribution in [-0.2, 0) is 6.42 Å². The van der Waals surface area contributed by atoms with Crippen molar-refractivity contribution in [3.8, 4) is 5.75 Å². The van der Waals surface area contributed by atoms with Gasteiger partial charge in [-0.15, -0.1) is 11.8 Å². The van der Waals surface area contributed by atoms with Crippen LogP contribution in [0.1, 0.15) is 12.5 Å². The van der Waals surface area contributed by atoms with Crippen molar-refractivity contribution in [2.24, 2.45) is 0 Å². The summed E-state index contributed by atoms with van der Waals surface area (Å²) >= 11 is 1.91. The van der Waals surface area contributed by atoms with Gasteiger partial charge < -0.3 is 5.11 Å². The van der Waals surface area contributed by atoms with E-state index in [1.54, 1.807) is 0 Å². The first kappa shape index (κ1) is 15.2. The summed E-state index contributed by atoms with van der Waals surface area (Å²) in [5.74, 6) is 0.413. The Morgan fingerprint density at radius 3 is 2.40 bits per heavy atom. The Morgan fingerprint density at radius 2 is 1.75 bits per heavy atom. The van der Waals surface area contributed by atoms with Crippen LogP contribution in [0, 0.1) is 0 Å². The number of phenolic OH excluding ortho intramolecular Hbond substituents is 1. The zero-order valence-electron chi connectivity index (χ0n) is 12.4. The van der Waals surface area contributed by atoms with Crippen molar-refractivity contribution in [2.75, 3.05) is 5.38 Å². The molecule has 0 aromatic heterocycles. The molecule has 0 saturated heterocycles. The summed E-state index contributed by atoms with van der Waals surface area (Å²) in [6, 6.07) is 16.8. The summed E-state index contributed by atoms with van der Waals surface area (Å²) < 4.78 is 0. The molecule has 0 atom stereocenters. The van der Waals surface area contributed by atoms with Gasteiger partial charge in [-0.3, -0.25) is 0 Å². The zero-order valence-corrected chi connectivity index (χ0v) is 14.2. The summed E-state index contributed by atoms with van der Waals surface area (Å²) in [4.78, 5) is 1.26. The third-order valence-corrected chi connectivity index (χ3v) is 9.53. The molecular weight excluding hydrogens is 280 g/mol. The highest BCUT2D eigenvalue weighted by atomic mass is 32.2. The molecule has 0 aliphatic rings. The van der Waals surface area contributed by atoms with Gasteiger partial charge in [0, 0.05) is 4.90 Å². The lowest BCUT2D eigenvalue weighted by molar-refractivity contribution is 0.468. The fraction of sp³-hybridized carbons (Fsp3) is 0.294. The molecule has 0 radical (unpaired) electrons. The fourth-order valence-electron chi connectivity index (χ4n) is 2.17. The molecule has 2 rings (SSSR count). The van der Waals surface area contributed by atoms with Gasteiger partial charge >= 0.3 is 0 Å². The minimum atomic E-state index is -1.40. The normalized spacial score (nSPS) is 11.6. The van der Waals surface area contributed by atoms with E-state index < -0.39 is 8.07 Å². The number of hydrogen-bond acceptors (Lipinski definition) is 2. The smallest absolute Gasteiger partial charge is 0.118 e. The third kappa shape index (κ3) is 3.67. The molecule has 0 saturated carbocycles. The summed E-state index contributed by atoms with van der Waals surface area (Å²) in [6.07, 6.45) is 0.875. The maximum Gasteiger partial charge on any atom is 0.118 e. The van der Waals surface area contributed by atoms with Crippen molar-refractivity contribution in [3.63, 3.8) is 0 Å². The molecule has 2 aromatic rings. The number of aromatic hydroxyl groups is 1. The highest BCUT2D eigenvalue weighted by Crippen LogP contribution is 2.27. The molecule has 1 N–H and O–H groups in total. The van der Waals surface area contributed by atoms with Crippen molar-refractivity contribution in [1.82, 2.24) is 0 Å². The van der Waals surface area contributed by atoms with Crippen molar-refractivity contribution >= 4 is 25.0 Å². The molecular formula is C17H22OSSi. The molecule has 0 fully saturated rings. The Kier molecular flexibility index (Phi) is 4.94. The maximum absolute atomic E-state index is 9.74. The molecule has 0 aliphatic carbocycles. The molecule has 0 amide bonds. The SMILES string of the molecule is CCc1cc(SC[Si](C)(C)c2ccccc2)ccc1O. The monoisotopic (exact) mass is 302 g/mol. The van der Waals surface area contributed by atoms with Crippen LogP contribution in [0.5, 0.6) is 5.75 Å². The first-order valence-electron chi connectivity index (χ1n) is 7.03. The minimum absolute atomic E-state index is 0.413. The summed E-state index contributed by atoms with van der Waals surface area (Å²) in [5.41, 5.74) is 1.04. The molecule has 0 spiro atoms. The lowest BCUT2D eigenvalue weighted by Crippen LogP contribution is -2.44. The van der Waals surface area contributed by atoms with Crippen molar-refractivity contribution in [2.45, 2.75) is 31.3 Å². The number of rotatable bonds is 5. The van der Waals surface area contributed by atoms with Gasteiger partial charge in [0.25, 0.3) is 0 Å². The molecule has 0 bridgehead atoms. The molecule has 106 valence electrons. The molecule has 0 unspecified atom stereocenters. The number of benzene rings is 2. The third-order valence-electron chi connectivity index (χ3n) is 3.59. The van der Waals surface area contributed by atoms with Crippen LogP contribution in [-0.4, -0.2) is 18.6 Å². The molecule has 0 heterocycles. The Labute approximate surface area is 127 Å². The topological polar surface area (TPSA) is 20.2 Å². The minimum Gasteiger partial charge on any atom is -0.508 e. The summed E-state index contributed by atoms with van der Waals surface area (Å²) in [7, 11) is -1.40. The van der Waals surface area contributed by atoms with Crippen LogP contribution >= 0.6 is 11.8 Å².